The number of ether oxygens (including phenoxy) is 9. The number of nitrogens with one attached hydrogen (secondary N) is 3. The molecule has 9 amide bonds. The van der Waals surface area contributed by atoms with Crippen LogP contribution in [0.2, 0.25) is 0 Å². The molecule has 10 aromatic carbocycles. The lowest BCUT2D eigenvalue weighted by atomic mass is 9.95. The van der Waals surface area contributed by atoms with Gasteiger partial charge in [-0.05, 0) is 220 Å². The van der Waals surface area contributed by atoms with Crippen molar-refractivity contribution in [2.24, 2.45) is 0 Å². The molecule has 141 heavy (non-hydrogen) atoms. The maximum atomic E-state index is 13.9. The van der Waals surface area contributed by atoms with Gasteiger partial charge in [0.15, 0.2) is 0 Å². The van der Waals surface area contributed by atoms with E-state index in [0.717, 1.165) is 93.2 Å². The molecule has 3 saturated heterocycles. The van der Waals surface area contributed by atoms with Gasteiger partial charge in [0.05, 0.1) is 58.6 Å². The summed E-state index contributed by atoms with van der Waals surface area (Å²) in [5, 5.41) is 15.9. The van der Waals surface area contributed by atoms with Crippen molar-refractivity contribution >= 4 is 83.2 Å². The summed E-state index contributed by atoms with van der Waals surface area (Å²) in [5.74, 6) is -4.29. The second-order valence-corrected chi connectivity index (χ2v) is 36.9. The maximum absolute atomic E-state index is 13.9. The number of hydrogen-bond acceptors (Lipinski definition) is 23. The first-order valence-electron chi connectivity index (χ1n) is 45.5. The van der Waals surface area contributed by atoms with Gasteiger partial charge in [-0.1, -0.05) is 257 Å². The van der Waals surface area contributed by atoms with E-state index in [0.29, 0.717) is 47.1 Å². The number of benzene rings is 10. The van der Waals surface area contributed by atoms with Crippen LogP contribution >= 0.6 is 0 Å². The molecule has 0 unspecified atom stereocenters. The Balaban J connectivity index is 0.000000237. The minimum absolute atomic E-state index is 0. The van der Waals surface area contributed by atoms with Crippen molar-refractivity contribution in [2.45, 2.75) is 225 Å². The van der Waals surface area contributed by atoms with E-state index in [-0.39, 0.29) is 106 Å². The van der Waals surface area contributed by atoms with Crippen LogP contribution < -0.4 is 16.0 Å². The third kappa shape index (κ3) is 33.2. The summed E-state index contributed by atoms with van der Waals surface area (Å²) in [6.45, 7) is 28.0. The standard InChI is InChI=1S/2C34H38N2O7.C28H27NO5.C12H16N4O2.3CH4/c2*1-22-11-16-28(23(2)17-22)31(38)41-20-25-12-14-26(15-13-25)29(19-35-32(39)43-34(3,4)5)30(37)36-27(21-42-33(36)40)18-24-9-7-6-8-10-24;1-19-8-13-25(20(2)14-19)27(31)33-17-23-11-9-22(10-12-23)16-26(30)29-24(18-34-28(29)32)15-21-6-4-3-5-7-21;1-12(2,3)18-11(17)13-8-16-10-7-5-4-6-9(10)14-15-16;;;/h2*6-17,27,29H,18-21H2,1-5H3,(H,35,39);3-14,24H,15-18H2,1-2H3;4-7H,8H2,1-3H3,(H,13,17);3*1H4/t27-,29+;27-,29-;24-;;;;/m111..../s1. The molecule has 30 nitrogen and oxygen atoms in total. The first-order chi connectivity index (χ1) is 65.7. The molecule has 0 spiro atoms. The van der Waals surface area contributed by atoms with Crippen LogP contribution in [-0.2, 0) is 109 Å². The predicted octanol–water partition coefficient (Wildman–Crippen LogP) is 20.3. The second kappa shape index (κ2) is 51.3. The van der Waals surface area contributed by atoms with Crippen molar-refractivity contribution in [3.05, 3.63) is 343 Å². The monoisotopic (exact) mass is 1930 g/mol. The van der Waals surface area contributed by atoms with Crippen molar-refractivity contribution in [1.82, 2.24) is 45.6 Å². The Bertz CT molecular complexity index is 5890. The summed E-state index contributed by atoms with van der Waals surface area (Å²) in [4.78, 5) is 156. The molecular formula is C111H131N9O21. The molecule has 14 rings (SSSR count). The van der Waals surface area contributed by atoms with E-state index >= 15 is 0 Å². The van der Waals surface area contributed by atoms with E-state index in [9.17, 15) is 57.5 Å². The number of fused-ring (bicyclic) bond motifs is 1. The minimum atomic E-state index is -0.900. The Hall–Kier alpha value is -15.4. The van der Waals surface area contributed by atoms with Crippen LogP contribution in [0.4, 0.5) is 28.8 Å². The lowest BCUT2D eigenvalue weighted by Gasteiger charge is -2.26. The highest BCUT2D eigenvalue weighted by atomic mass is 16.6. The number of para-hydroxylation sites is 1. The number of esters is 3. The molecule has 3 N–H and O–H groups in total. The van der Waals surface area contributed by atoms with Gasteiger partial charge in [-0.15, -0.1) is 5.10 Å². The molecule has 3 aliphatic rings. The molecule has 0 saturated carbocycles. The second-order valence-electron chi connectivity index (χ2n) is 36.9. The Morgan fingerprint density at radius 2 is 0.674 bits per heavy atom. The molecule has 0 radical (unpaired) electrons. The van der Waals surface area contributed by atoms with Crippen molar-refractivity contribution in [1.29, 1.82) is 0 Å². The zero-order valence-electron chi connectivity index (χ0n) is 80.4. The molecule has 0 bridgehead atoms. The molecule has 11 aromatic rings. The molecule has 5 atom stereocenters. The molecule has 3 aliphatic heterocycles. The average Bonchev–Trinajstić information content (AvgIpc) is 1.73. The van der Waals surface area contributed by atoms with Gasteiger partial charge in [-0.25, -0.2) is 62.5 Å². The zero-order chi connectivity index (χ0) is 99.5. The molecule has 0 aliphatic carbocycles. The lowest BCUT2D eigenvalue weighted by molar-refractivity contribution is -0.131. The van der Waals surface area contributed by atoms with E-state index in [1.54, 1.807) is 113 Å². The summed E-state index contributed by atoms with van der Waals surface area (Å²) in [6, 6.07) is 73.0. The summed E-state index contributed by atoms with van der Waals surface area (Å²) in [6.07, 6.45) is -2.33. The predicted molar refractivity (Wildman–Crippen MR) is 536 cm³/mol. The summed E-state index contributed by atoms with van der Waals surface area (Å²) in [5.41, 5.74) is 14.2. The zero-order valence-corrected chi connectivity index (χ0v) is 80.4. The summed E-state index contributed by atoms with van der Waals surface area (Å²) < 4.78 is 49.7. The number of hydrogen-bond donors (Lipinski definition) is 3. The highest BCUT2D eigenvalue weighted by Crippen LogP contribution is 2.31. The topological polar surface area (TPSA) is 364 Å². The van der Waals surface area contributed by atoms with Gasteiger partial charge >= 0.3 is 54.5 Å². The molecule has 746 valence electrons. The molecule has 1 aromatic heterocycles. The Labute approximate surface area is 825 Å². The molecular weight excluding hydrogens is 1800 g/mol. The van der Waals surface area contributed by atoms with E-state index in [1.165, 1.54) is 4.90 Å². The largest absolute Gasteiger partial charge is 0.457 e. The number of amides is 9. The van der Waals surface area contributed by atoms with Gasteiger partial charge < -0.3 is 58.6 Å². The number of cyclic esters (lactones) is 3. The van der Waals surface area contributed by atoms with E-state index < -0.39 is 101 Å². The third-order valence-electron chi connectivity index (χ3n) is 22.1. The fourth-order valence-electron chi connectivity index (χ4n) is 15.4. The van der Waals surface area contributed by atoms with Crippen LogP contribution in [0.25, 0.3) is 11.0 Å². The number of rotatable bonds is 27. The lowest BCUT2D eigenvalue weighted by Crippen LogP contribution is -2.46. The Morgan fingerprint density at radius 1 is 0.369 bits per heavy atom. The fourth-order valence-corrected chi connectivity index (χ4v) is 15.4. The van der Waals surface area contributed by atoms with Crippen LogP contribution in [0.3, 0.4) is 0 Å². The van der Waals surface area contributed by atoms with Crippen molar-refractivity contribution in [3.8, 4) is 0 Å². The Kier molecular flexibility index (Phi) is 40.4. The normalized spacial score (nSPS) is 14.5. The van der Waals surface area contributed by atoms with Gasteiger partial charge in [-0.3, -0.25) is 14.4 Å². The van der Waals surface area contributed by atoms with Crippen LogP contribution in [-0.4, -0.2) is 170 Å². The van der Waals surface area contributed by atoms with Crippen LogP contribution in [0, 0.1) is 41.5 Å². The van der Waals surface area contributed by atoms with Crippen LogP contribution in [0.1, 0.15) is 211 Å². The fraction of sp³-hybridized carbons (Fsp3) is 0.351. The van der Waals surface area contributed by atoms with Gasteiger partial charge in [0.1, 0.15) is 68.6 Å². The first kappa shape index (κ1) is 111. The van der Waals surface area contributed by atoms with Crippen LogP contribution in [0.15, 0.2) is 243 Å². The van der Waals surface area contributed by atoms with Gasteiger partial charge in [0.25, 0.3) is 0 Å². The highest BCUT2D eigenvalue weighted by Gasteiger charge is 2.44. The minimum Gasteiger partial charge on any atom is -0.457 e. The van der Waals surface area contributed by atoms with Gasteiger partial charge in [0, 0.05) is 13.1 Å². The SMILES string of the molecule is C.C.C.CC(C)(C)OC(=O)NCn1nnc2ccccc21.Cc1ccc(C(=O)OCc2ccc(CC(=O)N3C(=O)OC[C@H]3Cc3ccccc3)cc2)c(C)c1.Cc1ccc(C(=O)OCc2ccc([C@@H](CNC(=O)OC(C)(C)C)C(=O)N3C(=O)OC[C@H]3Cc3ccccc3)cc2)c(C)c1.Cc1ccc(C(=O)OCc2ccc([C@H](CNC(=O)OC(C)(C)C)C(=O)N3C(=O)OC[C@H]3Cc3ccccc3)cc2)c(C)c1. The number of carbonyl (C=O) groups excluding carboxylic acids is 12. The number of nitrogens with zero attached hydrogens (tertiary/aromatic N) is 6. The van der Waals surface area contributed by atoms with Crippen molar-refractivity contribution < 1.29 is 100 Å². The van der Waals surface area contributed by atoms with Crippen LogP contribution in [0.5, 0.6) is 0 Å². The summed E-state index contributed by atoms with van der Waals surface area (Å²) in [7, 11) is 0. The number of carbonyl (C=O) groups is 12. The quantitative estimate of drug-likeness (QED) is 0.0318. The first-order valence-corrected chi connectivity index (χ1v) is 45.5. The number of aryl methyl sites for hydroxylation is 6. The smallest absolute Gasteiger partial charge is 0.417 e. The molecule has 3 fully saturated rings. The van der Waals surface area contributed by atoms with Crippen molar-refractivity contribution in [3.63, 3.8) is 0 Å². The maximum Gasteiger partial charge on any atom is 0.417 e. The molecule has 4 heterocycles. The number of alkyl carbamates (subject to hydrolysis) is 3. The molecule has 30 heteroatoms. The third-order valence-corrected chi connectivity index (χ3v) is 22.1. The van der Waals surface area contributed by atoms with Gasteiger partial charge in [0.2, 0.25) is 17.7 Å². The number of aromatic nitrogens is 3. The highest BCUT2D eigenvalue weighted by molar-refractivity contribution is 5.99. The van der Waals surface area contributed by atoms with E-state index in [2.05, 4.69) is 26.3 Å². The van der Waals surface area contributed by atoms with Gasteiger partial charge in [-0.2, -0.15) is 0 Å². The van der Waals surface area contributed by atoms with Crippen molar-refractivity contribution in [2.75, 3.05) is 32.9 Å². The van der Waals surface area contributed by atoms with E-state index in [4.69, 9.17) is 42.6 Å². The Morgan fingerprint density at radius 3 is 1.01 bits per heavy atom. The van der Waals surface area contributed by atoms with E-state index in [1.807, 2.05) is 238 Å². The average molecular weight is 1930 g/mol. The summed E-state index contributed by atoms with van der Waals surface area (Å²) >= 11 is 0. The number of imide groups is 3.